The van der Waals surface area contributed by atoms with Crippen LogP contribution in [0.5, 0.6) is 5.75 Å². The number of nitrogens with one attached hydrogen (secondary N) is 1. The topological polar surface area (TPSA) is 89.9 Å². The second kappa shape index (κ2) is 5.99. The van der Waals surface area contributed by atoms with Crippen molar-refractivity contribution in [1.29, 1.82) is 0 Å². The number of carbonyl (C=O) groups excluding carboxylic acids is 1. The first kappa shape index (κ1) is 15.1. The minimum atomic E-state index is -1.05. The van der Waals surface area contributed by atoms with Gasteiger partial charge in [0.05, 0.1) is 11.6 Å². The number of hydrogen-bond donors (Lipinski definition) is 3. The van der Waals surface area contributed by atoms with Crippen molar-refractivity contribution < 1.29 is 24.2 Å². The monoisotopic (exact) mass is 296 g/mol. The number of phenolic OH excluding ortho intramolecular Hbond substituents is 1. The molecule has 1 aliphatic heterocycles. The van der Waals surface area contributed by atoms with E-state index in [1.807, 2.05) is 0 Å². The van der Waals surface area contributed by atoms with Crippen LogP contribution >= 0.6 is 0 Å². The van der Waals surface area contributed by atoms with Crippen LogP contribution < -0.4 is 5.32 Å². The summed E-state index contributed by atoms with van der Waals surface area (Å²) in [4.78, 5) is 24.5. The van der Waals surface area contributed by atoms with Gasteiger partial charge in [0.25, 0.3) is 0 Å². The molecule has 6 nitrogen and oxygen atoms in total. The van der Waals surface area contributed by atoms with Crippen molar-refractivity contribution in [2.24, 2.45) is 5.92 Å². The molecule has 2 amide bonds. The molecule has 1 aliphatic rings. The minimum absolute atomic E-state index is 0.113. The van der Waals surface area contributed by atoms with Gasteiger partial charge in [0, 0.05) is 18.7 Å². The highest BCUT2D eigenvalue weighted by Crippen LogP contribution is 2.27. The molecule has 0 unspecified atom stereocenters. The first-order valence-corrected chi connectivity index (χ1v) is 6.67. The van der Waals surface area contributed by atoms with Crippen LogP contribution in [0.2, 0.25) is 0 Å². The van der Waals surface area contributed by atoms with E-state index in [-0.39, 0.29) is 29.9 Å². The molecule has 1 saturated heterocycles. The number of hydrogen-bond acceptors (Lipinski definition) is 3. The molecular weight excluding hydrogens is 279 g/mol. The van der Waals surface area contributed by atoms with Crippen LogP contribution in [0.25, 0.3) is 0 Å². The summed E-state index contributed by atoms with van der Waals surface area (Å²) >= 11 is 0. The molecule has 1 aromatic rings. The van der Waals surface area contributed by atoms with Crippen molar-refractivity contribution >= 4 is 17.7 Å². The predicted octanol–water partition coefficient (Wildman–Crippen LogP) is 2.25. The lowest BCUT2D eigenvalue weighted by Crippen LogP contribution is -2.47. The lowest BCUT2D eigenvalue weighted by atomic mass is 9.93. The van der Waals surface area contributed by atoms with E-state index in [0.29, 0.717) is 12.8 Å². The van der Waals surface area contributed by atoms with E-state index in [1.54, 1.807) is 6.92 Å². The number of phenols is 1. The normalized spacial score (nSPS) is 21.9. The summed E-state index contributed by atoms with van der Waals surface area (Å²) in [7, 11) is 0. The summed E-state index contributed by atoms with van der Waals surface area (Å²) < 4.78 is 12.9. The Bertz CT molecular complexity index is 564. The Morgan fingerprint density at radius 3 is 2.71 bits per heavy atom. The van der Waals surface area contributed by atoms with Crippen LogP contribution in [-0.4, -0.2) is 39.7 Å². The number of aromatic hydroxyl groups is 1. The minimum Gasteiger partial charge on any atom is -0.506 e. The van der Waals surface area contributed by atoms with E-state index < -0.39 is 17.8 Å². The average Bonchev–Trinajstić information content (AvgIpc) is 2.42. The number of piperidine rings is 1. The first-order valence-electron chi connectivity index (χ1n) is 6.67. The van der Waals surface area contributed by atoms with Gasteiger partial charge in [-0.1, -0.05) is 0 Å². The molecule has 0 radical (unpaired) electrons. The number of likely N-dealkylation sites (tertiary alicyclic amines) is 1. The van der Waals surface area contributed by atoms with E-state index >= 15 is 0 Å². The fraction of sp³-hybridized carbons (Fsp3) is 0.429. The Morgan fingerprint density at radius 2 is 2.10 bits per heavy atom. The highest BCUT2D eigenvalue weighted by Gasteiger charge is 2.32. The number of halogens is 1. The highest BCUT2D eigenvalue weighted by molar-refractivity contribution is 5.94. The largest absolute Gasteiger partial charge is 0.506 e. The van der Waals surface area contributed by atoms with Crippen LogP contribution in [0.4, 0.5) is 14.9 Å². The van der Waals surface area contributed by atoms with Gasteiger partial charge in [-0.3, -0.25) is 4.79 Å². The van der Waals surface area contributed by atoms with E-state index in [0.717, 1.165) is 12.1 Å². The van der Waals surface area contributed by atoms with Crippen molar-refractivity contribution in [1.82, 2.24) is 4.90 Å². The number of benzene rings is 1. The van der Waals surface area contributed by atoms with Gasteiger partial charge in [0.15, 0.2) is 0 Å². The standard InChI is InChI=1S/C14H17FN2O4/c1-8-2-3-9(7-17(8)14(20)21)13(19)16-11-5-4-10(15)6-12(11)18/h4-6,8-9,18H,2-3,7H2,1H3,(H,16,19)(H,20,21)/t8-,9-/m1/s1. The van der Waals surface area contributed by atoms with Crippen LogP contribution in [-0.2, 0) is 4.79 Å². The molecule has 2 atom stereocenters. The maximum Gasteiger partial charge on any atom is 0.407 e. The van der Waals surface area contributed by atoms with Crippen molar-refractivity contribution in [3.05, 3.63) is 24.0 Å². The molecule has 0 saturated carbocycles. The molecule has 7 heteroatoms. The van der Waals surface area contributed by atoms with Crippen molar-refractivity contribution in [2.45, 2.75) is 25.8 Å². The molecule has 114 valence electrons. The average molecular weight is 296 g/mol. The van der Waals surface area contributed by atoms with Gasteiger partial charge in [-0.15, -0.1) is 0 Å². The highest BCUT2D eigenvalue weighted by atomic mass is 19.1. The third-order valence-corrected chi connectivity index (χ3v) is 3.72. The maximum atomic E-state index is 12.9. The Morgan fingerprint density at radius 1 is 1.38 bits per heavy atom. The number of nitrogens with zero attached hydrogens (tertiary/aromatic N) is 1. The summed E-state index contributed by atoms with van der Waals surface area (Å²) in [6.45, 7) is 1.92. The summed E-state index contributed by atoms with van der Waals surface area (Å²) in [5.41, 5.74) is 0.113. The fourth-order valence-corrected chi connectivity index (χ4v) is 2.43. The smallest absolute Gasteiger partial charge is 0.407 e. The molecule has 2 rings (SSSR count). The number of rotatable bonds is 2. The molecule has 0 bridgehead atoms. The van der Waals surface area contributed by atoms with E-state index in [9.17, 15) is 19.1 Å². The second-order valence-corrected chi connectivity index (χ2v) is 5.21. The third kappa shape index (κ3) is 3.42. The summed E-state index contributed by atoms with van der Waals surface area (Å²) in [6.07, 6.45) is 0.114. The molecule has 3 N–H and O–H groups in total. The molecule has 0 aliphatic carbocycles. The lowest BCUT2D eigenvalue weighted by molar-refractivity contribution is -0.121. The van der Waals surface area contributed by atoms with E-state index in [1.165, 1.54) is 11.0 Å². The second-order valence-electron chi connectivity index (χ2n) is 5.21. The molecule has 1 fully saturated rings. The van der Waals surface area contributed by atoms with Gasteiger partial charge in [-0.2, -0.15) is 0 Å². The summed E-state index contributed by atoms with van der Waals surface area (Å²) in [5, 5.41) is 21.2. The number of carboxylic acid groups (broad SMARTS) is 1. The number of anilines is 1. The zero-order chi connectivity index (χ0) is 15.6. The molecule has 0 aromatic heterocycles. The van der Waals surface area contributed by atoms with Crippen molar-refractivity contribution in [3.8, 4) is 5.75 Å². The summed E-state index contributed by atoms with van der Waals surface area (Å²) in [6, 6.07) is 3.18. The first-order chi connectivity index (χ1) is 9.88. The van der Waals surface area contributed by atoms with Crippen LogP contribution in [0.3, 0.4) is 0 Å². The lowest BCUT2D eigenvalue weighted by Gasteiger charge is -2.35. The summed E-state index contributed by atoms with van der Waals surface area (Å²) in [5.74, 6) is -1.83. The maximum absolute atomic E-state index is 12.9. The Balaban J connectivity index is 2.05. The van der Waals surface area contributed by atoms with Crippen LogP contribution in [0, 0.1) is 11.7 Å². The zero-order valence-corrected chi connectivity index (χ0v) is 11.5. The Kier molecular flexibility index (Phi) is 4.30. The van der Waals surface area contributed by atoms with E-state index in [2.05, 4.69) is 5.32 Å². The SMILES string of the molecule is C[C@@H]1CC[C@@H](C(=O)Nc2ccc(F)cc2O)CN1C(=O)O. The van der Waals surface area contributed by atoms with Gasteiger partial charge in [-0.05, 0) is 31.9 Å². The van der Waals surface area contributed by atoms with Crippen LogP contribution in [0.1, 0.15) is 19.8 Å². The number of carbonyl (C=O) groups is 2. The van der Waals surface area contributed by atoms with Crippen LogP contribution in [0.15, 0.2) is 18.2 Å². The molecule has 21 heavy (non-hydrogen) atoms. The fourth-order valence-electron chi connectivity index (χ4n) is 2.43. The predicted molar refractivity (Wildman–Crippen MR) is 73.6 cm³/mol. The van der Waals surface area contributed by atoms with Gasteiger partial charge < -0.3 is 20.4 Å². The van der Waals surface area contributed by atoms with E-state index in [4.69, 9.17) is 5.11 Å². The van der Waals surface area contributed by atoms with Crippen molar-refractivity contribution in [2.75, 3.05) is 11.9 Å². The third-order valence-electron chi connectivity index (χ3n) is 3.72. The molecule has 1 aromatic carbocycles. The molecular formula is C14H17FN2O4. The van der Waals surface area contributed by atoms with Gasteiger partial charge >= 0.3 is 6.09 Å². The van der Waals surface area contributed by atoms with Gasteiger partial charge in [0.2, 0.25) is 5.91 Å². The quantitative estimate of drug-likeness (QED) is 0.730. The Hall–Kier alpha value is -2.31. The number of amides is 2. The zero-order valence-electron chi connectivity index (χ0n) is 11.5. The molecule has 0 spiro atoms. The van der Waals surface area contributed by atoms with Gasteiger partial charge in [-0.25, -0.2) is 9.18 Å². The Labute approximate surface area is 121 Å². The van der Waals surface area contributed by atoms with Gasteiger partial charge in [0.1, 0.15) is 11.6 Å². The molecule has 1 heterocycles. The van der Waals surface area contributed by atoms with Crippen molar-refractivity contribution in [3.63, 3.8) is 0 Å².